The fourth-order valence-corrected chi connectivity index (χ4v) is 1.29. The lowest BCUT2D eigenvalue weighted by molar-refractivity contribution is -0.385. The first kappa shape index (κ1) is 14.2. The number of ether oxygens (including phenoxy) is 1. The zero-order valence-corrected chi connectivity index (χ0v) is 10.2. The number of methoxy groups -OCH3 is 1. The second-order valence-corrected chi connectivity index (χ2v) is 4.15. The third kappa shape index (κ3) is 3.57. The number of nitrogens with one attached hydrogen (secondary N) is 1. The Bertz CT molecular complexity index is 433. The summed E-state index contributed by atoms with van der Waals surface area (Å²) in [5.41, 5.74) is -0.821. The third-order valence-corrected chi connectivity index (χ3v) is 2.39. The number of hydrogen-bond acceptors (Lipinski definition) is 6. The summed E-state index contributed by atoms with van der Waals surface area (Å²) in [5.74, 6) is 0.133. The second kappa shape index (κ2) is 5.65. The van der Waals surface area contributed by atoms with E-state index < -0.39 is 10.5 Å². The fourth-order valence-electron chi connectivity index (χ4n) is 1.29. The molecule has 0 heterocycles. The number of aliphatic hydroxyl groups is 2. The van der Waals surface area contributed by atoms with Crippen molar-refractivity contribution in [3.05, 3.63) is 28.3 Å². The molecule has 0 radical (unpaired) electrons. The van der Waals surface area contributed by atoms with Crippen LogP contribution in [0.3, 0.4) is 0 Å². The van der Waals surface area contributed by atoms with Crippen molar-refractivity contribution in [3.63, 3.8) is 0 Å². The highest BCUT2D eigenvalue weighted by molar-refractivity contribution is 5.58. The van der Waals surface area contributed by atoms with Crippen LogP contribution in [-0.2, 0) is 0 Å². The van der Waals surface area contributed by atoms with E-state index in [0.29, 0.717) is 5.69 Å². The van der Waals surface area contributed by atoms with Crippen LogP contribution in [0.5, 0.6) is 5.75 Å². The molecule has 100 valence electrons. The zero-order valence-electron chi connectivity index (χ0n) is 10.2. The van der Waals surface area contributed by atoms with Crippen LogP contribution in [0.15, 0.2) is 18.2 Å². The van der Waals surface area contributed by atoms with Crippen molar-refractivity contribution in [1.82, 2.24) is 0 Å². The summed E-state index contributed by atoms with van der Waals surface area (Å²) in [7, 11) is 1.34. The number of hydrogen-bond donors (Lipinski definition) is 3. The second-order valence-electron chi connectivity index (χ2n) is 4.15. The maximum Gasteiger partial charge on any atom is 0.311 e. The van der Waals surface area contributed by atoms with Crippen LogP contribution >= 0.6 is 0 Å². The predicted octanol–water partition coefficient (Wildman–Crippen LogP) is 0.759. The maximum atomic E-state index is 10.7. The molecule has 0 aliphatic carbocycles. The number of nitro groups is 1. The van der Waals surface area contributed by atoms with Gasteiger partial charge in [0.05, 0.1) is 18.6 Å². The third-order valence-electron chi connectivity index (χ3n) is 2.39. The summed E-state index contributed by atoms with van der Waals surface area (Å²) >= 11 is 0. The summed E-state index contributed by atoms with van der Waals surface area (Å²) in [6, 6.07) is 4.29. The normalized spacial score (nSPS) is 13.8. The van der Waals surface area contributed by atoms with Crippen LogP contribution in [0.25, 0.3) is 0 Å². The molecule has 7 nitrogen and oxygen atoms in total. The molecule has 0 saturated carbocycles. The van der Waals surface area contributed by atoms with Gasteiger partial charge in [-0.15, -0.1) is 0 Å². The average Bonchev–Trinajstić information content (AvgIpc) is 2.36. The van der Waals surface area contributed by atoms with Gasteiger partial charge in [-0.1, -0.05) is 0 Å². The predicted molar refractivity (Wildman–Crippen MR) is 65.8 cm³/mol. The molecule has 1 atom stereocenters. The topological polar surface area (TPSA) is 105 Å². The molecule has 1 aromatic carbocycles. The highest BCUT2D eigenvalue weighted by Crippen LogP contribution is 2.29. The largest absolute Gasteiger partial charge is 0.490 e. The number of benzene rings is 1. The molecule has 0 fully saturated rings. The molecule has 0 amide bonds. The van der Waals surface area contributed by atoms with Crippen LogP contribution in [0.2, 0.25) is 0 Å². The lowest BCUT2D eigenvalue weighted by Gasteiger charge is -2.21. The van der Waals surface area contributed by atoms with E-state index >= 15 is 0 Å². The van der Waals surface area contributed by atoms with E-state index in [9.17, 15) is 15.2 Å². The van der Waals surface area contributed by atoms with E-state index in [1.165, 1.54) is 32.2 Å². The molecular formula is C11H16N2O5. The van der Waals surface area contributed by atoms with Crippen molar-refractivity contribution in [3.8, 4) is 5.75 Å². The van der Waals surface area contributed by atoms with Gasteiger partial charge in [0.15, 0.2) is 5.75 Å². The van der Waals surface area contributed by atoms with Crippen LogP contribution in [0, 0.1) is 10.1 Å². The van der Waals surface area contributed by atoms with Gasteiger partial charge in [-0.25, -0.2) is 0 Å². The van der Waals surface area contributed by atoms with Crippen molar-refractivity contribution >= 4 is 11.4 Å². The summed E-state index contributed by atoms with van der Waals surface area (Å²) in [6.45, 7) is 1.21. The molecule has 1 rings (SSSR count). The van der Waals surface area contributed by atoms with Crippen LogP contribution in [0.1, 0.15) is 6.92 Å². The van der Waals surface area contributed by atoms with E-state index in [0.717, 1.165) is 0 Å². The Kier molecular flexibility index (Phi) is 4.46. The van der Waals surface area contributed by atoms with Crippen LogP contribution in [-0.4, -0.2) is 41.0 Å². The van der Waals surface area contributed by atoms with Gasteiger partial charge in [0.1, 0.15) is 5.60 Å². The molecule has 0 bridgehead atoms. The van der Waals surface area contributed by atoms with Crippen molar-refractivity contribution in [2.45, 2.75) is 12.5 Å². The summed E-state index contributed by atoms with van der Waals surface area (Å²) < 4.78 is 4.91. The van der Waals surface area contributed by atoms with Crippen molar-refractivity contribution in [2.75, 3.05) is 25.6 Å². The van der Waals surface area contributed by atoms with Crippen LogP contribution in [0.4, 0.5) is 11.4 Å². The molecule has 7 heteroatoms. The Morgan fingerprint density at radius 1 is 1.56 bits per heavy atom. The molecule has 0 aromatic heterocycles. The van der Waals surface area contributed by atoms with Crippen molar-refractivity contribution < 1.29 is 19.9 Å². The first-order valence-corrected chi connectivity index (χ1v) is 5.29. The maximum absolute atomic E-state index is 10.7. The highest BCUT2D eigenvalue weighted by Gasteiger charge is 2.19. The molecule has 0 saturated heterocycles. The molecule has 1 aromatic rings. The number of nitrogens with zero attached hydrogens (tertiary/aromatic N) is 1. The average molecular weight is 256 g/mol. The number of nitro benzene ring substituents is 1. The first-order valence-electron chi connectivity index (χ1n) is 5.29. The molecule has 18 heavy (non-hydrogen) atoms. The Morgan fingerprint density at radius 3 is 2.72 bits per heavy atom. The van der Waals surface area contributed by atoms with E-state index in [1.54, 1.807) is 0 Å². The molecule has 3 N–H and O–H groups in total. The van der Waals surface area contributed by atoms with E-state index in [2.05, 4.69) is 5.32 Å². The van der Waals surface area contributed by atoms with E-state index in [4.69, 9.17) is 9.84 Å². The van der Waals surface area contributed by atoms with Gasteiger partial charge >= 0.3 is 5.69 Å². The minimum Gasteiger partial charge on any atom is -0.490 e. The molecule has 0 spiro atoms. The monoisotopic (exact) mass is 256 g/mol. The standard InChI is InChI=1S/C11H16N2O5/c1-11(15,7-14)6-12-8-3-4-9(13(16)17)10(5-8)18-2/h3-5,12,14-15H,6-7H2,1-2H3. The van der Waals surface area contributed by atoms with Gasteiger partial charge in [-0.05, 0) is 13.0 Å². The fraction of sp³-hybridized carbons (Fsp3) is 0.455. The molecular weight excluding hydrogens is 240 g/mol. The van der Waals surface area contributed by atoms with E-state index in [-0.39, 0.29) is 24.6 Å². The SMILES string of the molecule is COc1cc(NCC(C)(O)CO)ccc1[N+](=O)[O-]. The number of rotatable bonds is 6. The lowest BCUT2D eigenvalue weighted by atomic mass is 10.1. The van der Waals surface area contributed by atoms with Gasteiger partial charge in [0.25, 0.3) is 0 Å². The summed E-state index contributed by atoms with van der Waals surface area (Å²) in [5, 5.41) is 32.0. The quantitative estimate of drug-likeness (QED) is 0.512. The molecule has 1 unspecified atom stereocenters. The van der Waals surface area contributed by atoms with Gasteiger partial charge in [0, 0.05) is 24.4 Å². The Labute approximate surface area is 104 Å². The van der Waals surface area contributed by atoms with Crippen molar-refractivity contribution in [2.24, 2.45) is 0 Å². The van der Waals surface area contributed by atoms with Crippen molar-refractivity contribution in [1.29, 1.82) is 0 Å². The summed E-state index contributed by atoms with van der Waals surface area (Å²) in [4.78, 5) is 10.2. The number of aliphatic hydroxyl groups excluding tert-OH is 1. The Balaban J connectivity index is 2.83. The first-order chi connectivity index (χ1) is 8.39. The lowest BCUT2D eigenvalue weighted by Crippen LogP contribution is -2.37. The smallest absolute Gasteiger partial charge is 0.311 e. The van der Waals surface area contributed by atoms with Gasteiger partial charge in [-0.3, -0.25) is 10.1 Å². The van der Waals surface area contributed by atoms with Gasteiger partial charge in [-0.2, -0.15) is 0 Å². The molecule has 0 aliphatic rings. The van der Waals surface area contributed by atoms with Crippen LogP contribution < -0.4 is 10.1 Å². The highest BCUT2D eigenvalue weighted by atomic mass is 16.6. The van der Waals surface area contributed by atoms with Gasteiger partial charge in [0.2, 0.25) is 0 Å². The Morgan fingerprint density at radius 2 is 2.22 bits per heavy atom. The minimum absolute atomic E-state index is 0.116. The molecule has 0 aliphatic heterocycles. The Hall–Kier alpha value is -1.86. The number of anilines is 1. The minimum atomic E-state index is -1.25. The van der Waals surface area contributed by atoms with E-state index in [1.807, 2.05) is 0 Å². The van der Waals surface area contributed by atoms with Gasteiger partial charge < -0.3 is 20.3 Å². The summed E-state index contributed by atoms with van der Waals surface area (Å²) in [6.07, 6.45) is 0. The zero-order chi connectivity index (χ0) is 13.8.